The average molecular weight is 315 g/mol. The minimum Gasteiger partial charge on any atom is -0.216 e. The van der Waals surface area contributed by atoms with Crippen LogP contribution in [0.25, 0.3) is 22.5 Å². The minimum absolute atomic E-state index is 0.359. The van der Waals surface area contributed by atoms with Crippen LogP contribution in [0.5, 0.6) is 0 Å². The van der Waals surface area contributed by atoms with Crippen molar-refractivity contribution in [3.63, 3.8) is 0 Å². The molecule has 0 unspecified atom stereocenters. The smallest absolute Gasteiger partial charge is 0.162 e. The number of nitrogens with zero attached hydrogens (tertiary/aromatic N) is 2. The van der Waals surface area contributed by atoms with Crippen molar-refractivity contribution >= 4 is 23.2 Å². The maximum absolute atomic E-state index is 6.32. The topological polar surface area (TPSA) is 25.8 Å². The van der Waals surface area contributed by atoms with Crippen molar-refractivity contribution in [2.24, 2.45) is 0 Å². The molecule has 0 saturated carbocycles. The Balaban J connectivity index is 2.11. The lowest BCUT2D eigenvalue weighted by molar-refractivity contribution is 1.18. The molecule has 0 aliphatic heterocycles. The Hall–Kier alpha value is -1.90. The van der Waals surface area contributed by atoms with E-state index < -0.39 is 0 Å². The third-order valence-electron chi connectivity index (χ3n) is 3.19. The summed E-state index contributed by atoms with van der Waals surface area (Å²) in [6.07, 6.45) is 0. The van der Waals surface area contributed by atoms with Crippen molar-refractivity contribution in [2.45, 2.75) is 6.92 Å². The fraction of sp³-hybridized carbons (Fsp3) is 0.0588. The van der Waals surface area contributed by atoms with Gasteiger partial charge in [-0.1, -0.05) is 83.4 Å². The summed E-state index contributed by atoms with van der Waals surface area (Å²) in [7, 11) is 0. The second kappa shape index (κ2) is 5.84. The number of aromatic nitrogens is 2. The van der Waals surface area contributed by atoms with Crippen molar-refractivity contribution < 1.29 is 0 Å². The Morgan fingerprint density at radius 3 is 1.86 bits per heavy atom. The standard InChI is InChI=1S/C17H12Cl2N2/c1-11-7-9-12(10-8-11)14-15(18)20-17(21-16(14)19)13-5-3-2-4-6-13/h2-10H,1H3. The van der Waals surface area contributed by atoms with Crippen molar-refractivity contribution in [3.05, 3.63) is 70.5 Å². The molecule has 0 radical (unpaired) electrons. The van der Waals surface area contributed by atoms with Crippen LogP contribution in [0.1, 0.15) is 5.56 Å². The summed E-state index contributed by atoms with van der Waals surface area (Å²) < 4.78 is 0. The van der Waals surface area contributed by atoms with E-state index in [1.54, 1.807) is 0 Å². The monoisotopic (exact) mass is 314 g/mol. The van der Waals surface area contributed by atoms with Crippen LogP contribution in [-0.2, 0) is 0 Å². The first-order valence-corrected chi connectivity index (χ1v) is 7.26. The Morgan fingerprint density at radius 1 is 0.714 bits per heavy atom. The lowest BCUT2D eigenvalue weighted by Gasteiger charge is -2.09. The molecule has 2 aromatic carbocycles. The van der Waals surface area contributed by atoms with Crippen molar-refractivity contribution in [1.29, 1.82) is 0 Å². The second-order valence-electron chi connectivity index (χ2n) is 4.74. The molecule has 0 spiro atoms. The Bertz CT molecular complexity index is 746. The molecular weight excluding hydrogens is 303 g/mol. The molecule has 0 fully saturated rings. The van der Waals surface area contributed by atoms with Gasteiger partial charge in [0.15, 0.2) is 5.82 Å². The molecule has 0 atom stereocenters. The zero-order valence-corrected chi connectivity index (χ0v) is 12.9. The van der Waals surface area contributed by atoms with Crippen LogP contribution in [0, 0.1) is 6.92 Å². The number of hydrogen-bond acceptors (Lipinski definition) is 2. The van der Waals surface area contributed by atoms with Gasteiger partial charge in [0.05, 0.1) is 5.56 Å². The van der Waals surface area contributed by atoms with Gasteiger partial charge in [-0.05, 0) is 12.5 Å². The third-order valence-corrected chi connectivity index (χ3v) is 3.74. The first-order valence-electron chi connectivity index (χ1n) is 6.50. The van der Waals surface area contributed by atoms with Gasteiger partial charge in [0.2, 0.25) is 0 Å². The van der Waals surface area contributed by atoms with E-state index in [0.717, 1.165) is 11.1 Å². The van der Waals surface area contributed by atoms with Crippen molar-refractivity contribution in [3.8, 4) is 22.5 Å². The van der Waals surface area contributed by atoms with Crippen LogP contribution >= 0.6 is 23.2 Å². The molecule has 3 aromatic rings. The maximum atomic E-state index is 6.32. The molecule has 4 heteroatoms. The number of aryl methyl sites for hydroxylation is 1. The number of benzene rings is 2. The molecule has 0 aliphatic rings. The van der Waals surface area contributed by atoms with E-state index in [1.807, 2.05) is 61.5 Å². The average Bonchev–Trinajstić information content (AvgIpc) is 2.49. The second-order valence-corrected chi connectivity index (χ2v) is 5.45. The first-order chi connectivity index (χ1) is 10.1. The lowest BCUT2D eigenvalue weighted by Crippen LogP contribution is -1.94. The van der Waals surface area contributed by atoms with Gasteiger partial charge in [-0.25, -0.2) is 9.97 Å². The van der Waals surface area contributed by atoms with Gasteiger partial charge in [-0.15, -0.1) is 0 Å². The zero-order valence-electron chi connectivity index (χ0n) is 11.3. The molecule has 1 heterocycles. The summed E-state index contributed by atoms with van der Waals surface area (Å²) in [5.74, 6) is 0.529. The highest BCUT2D eigenvalue weighted by Gasteiger charge is 2.14. The molecule has 104 valence electrons. The summed E-state index contributed by atoms with van der Waals surface area (Å²) in [6, 6.07) is 17.6. The lowest BCUT2D eigenvalue weighted by atomic mass is 10.1. The van der Waals surface area contributed by atoms with Gasteiger partial charge in [0, 0.05) is 5.56 Å². The maximum Gasteiger partial charge on any atom is 0.162 e. The highest BCUT2D eigenvalue weighted by molar-refractivity contribution is 6.37. The molecule has 1 aromatic heterocycles. The third kappa shape index (κ3) is 2.92. The Labute approximate surface area is 133 Å². The van der Waals surface area contributed by atoms with Gasteiger partial charge in [-0.2, -0.15) is 0 Å². The summed E-state index contributed by atoms with van der Waals surface area (Å²) >= 11 is 12.6. The summed E-state index contributed by atoms with van der Waals surface area (Å²) in [5, 5.41) is 0.718. The molecular formula is C17H12Cl2N2. The minimum atomic E-state index is 0.359. The fourth-order valence-corrected chi connectivity index (χ4v) is 2.69. The zero-order chi connectivity index (χ0) is 14.8. The van der Waals surface area contributed by atoms with E-state index in [2.05, 4.69) is 9.97 Å². The fourth-order valence-electron chi connectivity index (χ4n) is 2.08. The van der Waals surface area contributed by atoms with Crippen LogP contribution in [-0.4, -0.2) is 9.97 Å². The van der Waals surface area contributed by atoms with Crippen molar-refractivity contribution in [1.82, 2.24) is 9.97 Å². The molecule has 3 rings (SSSR count). The number of halogens is 2. The summed E-state index contributed by atoms with van der Waals surface area (Å²) in [4.78, 5) is 8.75. The molecule has 0 aliphatic carbocycles. The first kappa shape index (κ1) is 14.1. The predicted octanol–water partition coefficient (Wildman–Crippen LogP) is 5.43. The van der Waals surface area contributed by atoms with Crippen LogP contribution in [0.3, 0.4) is 0 Å². The van der Waals surface area contributed by atoms with E-state index in [9.17, 15) is 0 Å². The molecule has 2 nitrogen and oxygen atoms in total. The van der Waals surface area contributed by atoms with Gasteiger partial charge < -0.3 is 0 Å². The van der Waals surface area contributed by atoms with Gasteiger partial charge in [0.25, 0.3) is 0 Å². The van der Waals surface area contributed by atoms with E-state index >= 15 is 0 Å². The van der Waals surface area contributed by atoms with Crippen molar-refractivity contribution in [2.75, 3.05) is 0 Å². The van der Waals surface area contributed by atoms with Crippen LogP contribution in [0.15, 0.2) is 54.6 Å². The normalized spacial score (nSPS) is 10.6. The van der Waals surface area contributed by atoms with Gasteiger partial charge in [0.1, 0.15) is 10.3 Å². The highest BCUT2D eigenvalue weighted by Crippen LogP contribution is 2.34. The number of rotatable bonds is 2. The Morgan fingerprint density at radius 2 is 1.29 bits per heavy atom. The summed E-state index contributed by atoms with van der Waals surface area (Å²) in [6.45, 7) is 2.03. The largest absolute Gasteiger partial charge is 0.216 e. The van der Waals surface area contributed by atoms with Gasteiger partial charge >= 0.3 is 0 Å². The molecule has 0 amide bonds. The van der Waals surface area contributed by atoms with Crippen LogP contribution in [0.4, 0.5) is 0 Å². The molecule has 0 bridgehead atoms. The summed E-state index contributed by atoms with van der Waals surface area (Å²) in [5.41, 5.74) is 3.64. The predicted molar refractivity (Wildman–Crippen MR) is 87.7 cm³/mol. The van der Waals surface area contributed by atoms with Crippen LogP contribution in [0.2, 0.25) is 10.3 Å². The van der Waals surface area contributed by atoms with E-state index in [1.165, 1.54) is 5.56 Å². The SMILES string of the molecule is Cc1ccc(-c2c(Cl)nc(-c3ccccc3)nc2Cl)cc1. The van der Waals surface area contributed by atoms with E-state index in [-0.39, 0.29) is 0 Å². The molecule has 0 saturated heterocycles. The van der Waals surface area contributed by atoms with Gasteiger partial charge in [-0.3, -0.25) is 0 Å². The van der Waals surface area contributed by atoms with Crippen LogP contribution < -0.4 is 0 Å². The van der Waals surface area contributed by atoms with E-state index in [4.69, 9.17) is 23.2 Å². The molecule has 21 heavy (non-hydrogen) atoms. The van der Waals surface area contributed by atoms with E-state index in [0.29, 0.717) is 21.7 Å². The highest BCUT2D eigenvalue weighted by atomic mass is 35.5. The Kier molecular flexibility index (Phi) is 3.91. The quantitative estimate of drug-likeness (QED) is 0.590. The number of hydrogen-bond donors (Lipinski definition) is 0. The molecule has 0 N–H and O–H groups in total.